The van der Waals surface area contributed by atoms with Crippen LogP contribution in [0.5, 0.6) is 11.5 Å². The van der Waals surface area contributed by atoms with E-state index in [2.05, 4.69) is 0 Å². The summed E-state index contributed by atoms with van der Waals surface area (Å²) in [5.41, 5.74) is 13.7. The third-order valence-corrected chi connectivity index (χ3v) is 3.49. The summed E-state index contributed by atoms with van der Waals surface area (Å²) in [7, 11) is 1.47. The fourth-order valence-corrected chi connectivity index (χ4v) is 2.32. The van der Waals surface area contributed by atoms with Gasteiger partial charge >= 0.3 is 0 Å². The maximum Gasteiger partial charge on any atom is 0.181 e. The van der Waals surface area contributed by atoms with Gasteiger partial charge in [0.05, 0.1) is 12.8 Å². The smallest absolute Gasteiger partial charge is 0.181 e. The Hall–Kier alpha value is -2.27. The molecule has 0 saturated carbocycles. The molecule has 112 valence electrons. The van der Waals surface area contributed by atoms with Gasteiger partial charge in [-0.2, -0.15) is 0 Å². The molecule has 0 bridgehead atoms. The van der Waals surface area contributed by atoms with Gasteiger partial charge in [-0.25, -0.2) is 4.39 Å². The second kappa shape index (κ2) is 6.45. The van der Waals surface area contributed by atoms with E-state index in [0.717, 1.165) is 11.1 Å². The molecule has 2 aromatic carbocycles. The average Bonchev–Trinajstić information content (AvgIpc) is 2.49. The van der Waals surface area contributed by atoms with Crippen molar-refractivity contribution in [3.63, 3.8) is 0 Å². The van der Waals surface area contributed by atoms with E-state index in [-0.39, 0.29) is 23.2 Å². The number of benzene rings is 2. The van der Waals surface area contributed by atoms with E-state index in [1.807, 2.05) is 0 Å². The van der Waals surface area contributed by atoms with Crippen molar-refractivity contribution < 1.29 is 14.2 Å². The third kappa shape index (κ3) is 3.44. The van der Waals surface area contributed by atoms with Gasteiger partial charge in [0.25, 0.3) is 0 Å². The molecular formula is C16H19FN2O2. The van der Waals surface area contributed by atoms with Gasteiger partial charge < -0.3 is 21.3 Å². The molecule has 0 radical (unpaired) electrons. The molecule has 4 nitrogen and oxygen atoms in total. The number of phenolic OH excluding ortho intramolecular Hbond substituents is 1. The predicted molar refractivity (Wildman–Crippen MR) is 81.0 cm³/mol. The van der Waals surface area contributed by atoms with Crippen molar-refractivity contribution in [3.8, 4) is 11.5 Å². The fourth-order valence-electron chi connectivity index (χ4n) is 2.32. The second-order valence-electron chi connectivity index (χ2n) is 4.92. The van der Waals surface area contributed by atoms with Gasteiger partial charge in [-0.05, 0) is 48.4 Å². The topological polar surface area (TPSA) is 81.5 Å². The zero-order valence-electron chi connectivity index (χ0n) is 11.8. The lowest BCUT2D eigenvalue weighted by Gasteiger charge is -2.17. The summed E-state index contributed by atoms with van der Waals surface area (Å²) < 4.78 is 18.1. The number of aromatic hydroxyl groups is 1. The molecule has 0 fully saturated rings. The number of halogens is 1. The molecule has 0 amide bonds. The number of anilines is 1. The maximum atomic E-state index is 13.0. The van der Waals surface area contributed by atoms with Crippen LogP contribution in [0, 0.1) is 5.82 Å². The van der Waals surface area contributed by atoms with Crippen molar-refractivity contribution >= 4 is 5.69 Å². The summed E-state index contributed by atoms with van der Waals surface area (Å²) in [6.07, 6.45) is 0.628. The molecule has 0 aliphatic heterocycles. The molecule has 0 spiro atoms. The molecule has 21 heavy (non-hydrogen) atoms. The summed E-state index contributed by atoms with van der Waals surface area (Å²) in [4.78, 5) is 0. The number of nitrogens with two attached hydrogens (primary N) is 2. The molecular weight excluding hydrogens is 271 g/mol. The van der Waals surface area contributed by atoms with Crippen molar-refractivity contribution in [3.05, 3.63) is 53.3 Å². The molecule has 2 aromatic rings. The highest BCUT2D eigenvalue weighted by molar-refractivity contribution is 5.61. The van der Waals surface area contributed by atoms with Gasteiger partial charge in [0, 0.05) is 5.92 Å². The van der Waals surface area contributed by atoms with Crippen LogP contribution >= 0.6 is 0 Å². The Kier molecular flexibility index (Phi) is 4.65. The molecule has 5 heteroatoms. The Bertz CT molecular complexity index is 614. The number of hydrogen-bond acceptors (Lipinski definition) is 4. The highest BCUT2D eigenvalue weighted by Gasteiger charge is 2.14. The Morgan fingerprint density at radius 3 is 2.48 bits per heavy atom. The van der Waals surface area contributed by atoms with Gasteiger partial charge in [0.1, 0.15) is 5.82 Å². The lowest BCUT2D eigenvalue weighted by Crippen LogP contribution is -2.15. The van der Waals surface area contributed by atoms with E-state index in [0.29, 0.717) is 18.7 Å². The van der Waals surface area contributed by atoms with Gasteiger partial charge in [0.2, 0.25) is 0 Å². The van der Waals surface area contributed by atoms with Crippen LogP contribution in [0.2, 0.25) is 0 Å². The van der Waals surface area contributed by atoms with Crippen LogP contribution in [0.3, 0.4) is 0 Å². The molecule has 0 heterocycles. The van der Waals surface area contributed by atoms with Crippen molar-refractivity contribution in [2.45, 2.75) is 12.3 Å². The summed E-state index contributed by atoms with van der Waals surface area (Å²) in [5, 5.41) is 9.74. The summed E-state index contributed by atoms with van der Waals surface area (Å²) in [6, 6.07) is 9.73. The van der Waals surface area contributed by atoms with Crippen molar-refractivity contribution in [2.75, 3.05) is 19.4 Å². The molecule has 1 atom stereocenters. The van der Waals surface area contributed by atoms with Crippen LogP contribution in [0.25, 0.3) is 0 Å². The first-order valence-corrected chi connectivity index (χ1v) is 6.66. The van der Waals surface area contributed by atoms with Crippen LogP contribution in [-0.4, -0.2) is 18.8 Å². The Morgan fingerprint density at radius 1 is 1.24 bits per heavy atom. The Labute approximate surface area is 123 Å². The van der Waals surface area contributed by atoms with Crippen molar-refractivity contribution in [1.82, 2.24) is 0 Å². The minimum atomic E-state index is -0.273. The van der Waals surface area contributed by atoms with Gasteiger partial charge in [-0.3, -0.25) is 0 Å². The molecule has 2 rings (SSSR count). The molecule has 0 aliphatic rings. The lowest BCUT2D eigenvalue weighted by molar-refractivity contribution is 0.374. The average molecular weight is 290 g/mol. The van der Waals surface area contributed by atoms with Crippen LogP contribution < -0.4 is 16.2 Å². The second-order valence-corrected chi connectivity index (χ2v) is 4.92. The lowest BCUT2D eigenvalue weighted by atomic mass is 9.91. The molecule has 5 N–H and O–H groups in total. The predicted octanol–water partition coefficient (Wildman–Crippen LogP) is 2.41. The van der Waals surface area contributed by atoms with E-state index in [1.165, 1.54) is 19.2 Å². The molecule has 0 aliphatic carbocycles. The number of nitrogen functional groups attached to an aromatic ring is 1. The first-order valence-electron chi connectivity index (χ1n) is 6.66. The van der Waals surface area contributed by atoms with Gasteiger partial charge in [-0.1, -0.05) is 12.1 Å². The Morgan fingerprint density at radius 2 is 1.90 bits per heavy atom. The van der Waals surface area contributed by atoms with Crippen LogP contribution in [0.1, 0.15) is 17.0 Å². The van der Waals surface area contributed by atoms with Crippen LogP contribution in [-0.2, 0) is 6.42 Å². The zero-order valence-corrected chi connectivity index (χ0v) is 11.8. The van der Waals surface area contributed by atoms with Gasteiger partial charge in [-0.15, -0.1) is 0 Å². The summed E-state index contributed by atoms with van der Waals surface area (Å²) >= 11 is 0. The quantitative estimate of drug-likeness (QED) is 0.583. The van der Waals surface area contributed by atoms with E-state index >= 15 is 0 Å². The number of hydrogen-bond donors (Lipinski definition) is 3. The first kappa shape index (κ1) is 15.1. The minimum absolute atomic E-state index is 0.0410. The normalized spacial score (nSPS) is 12.1. The SMILES string of the molecule is COc1cc(CC(CN)c2ccc(F)cc2)cc(N)c1O. The van der Waals surface area contributed by atoms with E-state index < -0.39 is 0 Å². The number of phenols is 1. The monoisotopic (exact) mass is 290 g/mol. The number of methoxy groups -OCH3 is 1. The van der Waals surface area contributed by atoms with E-state index in [9.17, 15) is 9.50 Å². The third-order valence-electron chi connectivity index (χ3n) is 3.49. The minimum Gasteiger partial charge on any atom is -0.503 e. The fraction of sp³-hybridized carbons (Fsp3) is 0.250. The zero-order chi connectivity index (χ0) is 15.4. The largest absolute Gasteiger partial charge is 0.503 e. The number of rotatable bonds is 5. The summed E-state index contributed by atoms with van der Waals surface area (Å²) in [5.74, 6) is 0.0384. The summed E-state index contributed by atoms with van der Waals surface area (Å²) in [6.45, 7) is 0.425. The van der Waals surface area contributed by atoms with E-state index in [4.69, 9.17) is 16.2 Å². The van der Waals surface area contributed by atoms with Gasteiger partial charge in [0.15, 0.2) is 11.5 Å². The highest BCUT2D eigenvalue weighted by Crippen LogP contribution is 2.34. The highest BCUT2D eigenvalue weighted by atomic mass is 19.1. The molecule has 0 aromatic heterocycles. The first-order chi connectivity index (χ1) is 10.0. The number of ether oxygens (including phenoxy) is 1. The van der Waals surface area contributed by atoms with Crippen LogP contribution in [0.4, 0.5) is 10.1 Å². The molecule has 1 unspecified atom stereocenters. The Balaban J connectivity index is 2.26. The van der Waals surface area contributed by atoms with Crippen molar-refractivity contribution in [2.24, 2.45) is 5.73 Å². The maximum absolute atomic E-state index is 13.0. The van der Waals surface area contributed by atoms with Crippen LogP contribution in [0.15, 0.2) is 36.4 Å². The molecule has 0 saturated heterocycles. The van der Waals surface area contributed by atoms with Crippen molar-refractivity contribution in [1.29, 1.82) is 0 Å². The standard InChI is InChI=1S/C16H19FN2O2/c1-21-15-8-10(7-14(19)16(15)20)6-12(9-18)11-2-4-13(17)5-3-11/h2-5,7-8,12,20H,6,9,18-19H2,1H3. The van der Waals surface area contributed by atoms with E-state index in [1.54, 1.807) is 24.3 Å².